The van der Waals surface area contributed by atoms with E-state index in [4.69, 9.17) is 0 Å². The first-order valence-corrected chi connectivity index (χ1v) is 8.07. The highest BCUT2D eigenvalue weighted by molar-refractivity contribution is 4.96. The van der Waals surface area contributed by atoms with Crippen LogP contribution in [0, 0.1) is 11.8 Å². The highest BCUT2D eigenvalue weighted by Crippen LogP contribution is 2.33. The summed E-state index contributed by atoms with van der Waals surface area (Å²) in [7, 11) is 0. The Morgan fingerprint density at radius 3 is 2.16 bits per heavy atom. The summed E-state index contributed by atoms with van der Waals surface area (Å²) in [5.41, 5.74) is 0. The van der Waals surface area contributed by atoms with E-state index < -0.39 is 0 Å². The lowest BCUT2D eigenvalue weighted by molar-refractivity contribution is 0.307. The zero-order valence-electron chi connectivity index (χ0n) is 11.9. The van der Waals surface area contributed by atoms with Gasteiger partial charge in [-0.15, -0.1) is 0 Å². The van der Waals surface area contributed by atoms with Gasteiger partial charge in [0.05, 0.1) is 6.33 Å². The van der Waals surface area contributed by atoms with Gasteiger partial charge in [-0.05, 0) is 50.4 Å². The van der Waals surface area contributed by atoms with E-state index in [1.165, 1.54) is 57.8 Å². The van der Waals surface area contributed by atoms with Gasteiger partial charge in [0.25, 0.3) is 0 Å². The van der Waals surface area contributed by atoms with Gasteiger partial charge in [-0.3, -0.25) is 0 Å². The van der Waals surface area contributed by atoms with Crippen molar-refractivity contribution in [3.8, 4) is 0 Å². The molecule has 0 N–H and O–H groups in total. The van der Waals surface area contributed by atoms with Crippen molar-refractivity contribution in [3.05, 3.63) is 30.9 Å². The summed E-state index contributed by atoms with van der Waals surface area (Å²) in [6.07, 6.45) is 23.6. The Balaban J connectivity index is 1.46. The van der Waals surface area contributed by atoms with Crippen LogP contribution in [0.1, 0.15) is 63.8 Å². The summed E-state index contributed by atoms with van der Waals surface area (Å²) in [5.74, 6) is 1.72. The molecule has 0 radical (unpaired) electrons. The molecule has 0 amide bonds. The minimum atomic E-state index is 0.696. The van der Waals surface area contributed by atoms with Crippen molar-refractivity contribution in [3.63, 3.8) is 0 Å². The third kappa shape index (κ3) is 3.49. The van der Waals surface area contributed by atoms with Crippen molar-refractivity contribution in [2.75, 3.05) is 0 Å². The minimum absolute atomic E-state index is 0.696. The van der Waals surface area contributed by atoms with Gasteiger partial charge in [0.2, 0.25) is 0 Å². The zero-order chi connectivity index (χ0) is 12.9. The SMILES string of the molecule is C(=CC1CCC(n2ccnc2)CC1)C1CCCCC1. The molecule has 0 unspecified atom stereocenters. The predicted octanol–water partition coefficient (Wildman–Crippen LogP) is 4.75. The van der Waals surface area contributed by atoms with Gasteiger partial charge in [-0.2, -0.15) is 0 Å². The maximum Gasteiger partial charge on any atom is 0.0948 e. The summed E-state index contributed by atoms with van der Waals surface area (Å²) in [4.78, 5) is 4.16. The van der Waals surface area contributed by atoms with E-state index in [1.54, 1.807) is 0 Å². The van der Waals surface area contributed by atoms with Crippen molar-refractivity contribution >= 4 is 0 Å². The topological polar surface area (TPSA) is 17.8 Å². The number of nitrogens with zero attached hydrogens (tertiary/aromatic N) is 2. The Labute approximate surface area is 116 Å². The molecule has 0 aromatic carbocycles. The van der Waals surface area contributed by atoms with Gasteiger partial charge in [-0.1, -0.05) is 31.4 Å². The van der Waals surface area contributed by atoms with Crippen molar-refractivity contribution in [2.45, 2.75) is 63.8 Å². The first-order chi connectivity index (χ1) is 9.42. The van der Waals surface area contributed by atoms with Gasteiger partial charge in [0.15, 0.2) is 0 Å². The number of hydrogen-bond donors (Lipinski definition) is 0. The second-order valence-corrected chi connectivity index (χ2v) is 6.36. The van der Waals surface area contributed by atoms with Gasteiger partial charge in [0.1, 0.15) is 0 Å². The third-order valence-electron chi connectivity index (χ3n) is 4.99. The lowest BCUT2D eigenvalue weighted by Crippen LogP contribution is -2.16. The fourth-order valence-electron chi connectivity index (χ4n) is 3.72. The zero-order valence-corrected chi connectivity index (χ0v) is 11.9. The molecular weight excluding hydrogens is 232 g/mol. The molecule has 1 aromatic rings. The quantitative estimate of drug-likeness (QED) is 0.715. The Hall–Kier alpha value is -1.05. The average molecular weight is 258 g/mol. The molecule has 104 valence electrons. The van der Waals surface area contributed by atoms with E-state index in [9.17, 15) is 0 Å². The van der Waals surface area contributed by atoms with Crippen LogP contribution in [0.25, 0.3) is 0 Å². The Morgan fingerprint density at radius 1 is 0.842 bits per heavy atom. The second kappa shape index (κ2) is 6.40. The molecule has 0 aliphatic heterocycles. The first-order valence-electron chi connectivity index (χ1n) is 8.07. The van der Waals surface area contributed by atoms with E-state index >= 15 is 0 Å². The molecule has 2 nitrogen and oxygen atoms in total. The lowest BCUT2D eigenvalue weighted by Gasteiger charge is -2.28. The Morgan fingerprint density at radius 2 is 1.53 bits per heavy atom. The van der Waals surface area contributed by atoms with Crippen LogP contribution in [0.5, 0.6) is 0 Å². The van der Waals surface area contributed by atoms with E-state index in [2.05, 4.69) is 27.9 Å². The van der Waals surface area contributed by atoms with Crippen LogP contribution in [0.2, 0.25) is 0 Å². The summed E-state index contributed by atoms with van der Waals surface area (Å²) in [6, 6.07) is 0.696. The third-order valence-corrected chi connectivity index (χ3v) is 4.99. The molecule has 1 heterocycles. The van der Waals surface area contributed by atoms with E-state index in [0.717, 1.165) is 11.8 Å². The molecule has 19 heavy (non-hydrogen) atoms. The smallest absolute Gasteiger partial charge is 0.0948 e. The van der Waals surface area contributed by atoms with E-state index in [0.29, 0.717) is 6.04 Å². The summed E-state index contributed by atoms with van der Waals surface area (Å²) < 4.78 is 2.29. The predicted molar refractivity (Wildman–Crippen MR) is 78.9 cm³/mol. The van der Waals surface area contributed by atoms with Gasteiger partial charge >= 0.3 is 0 Å². The molecule has 1 aromatic heterocycles. The van der Waals surface area contributed by atoms with Gasteiger partial charge < -0.3 is 4.57 Å². The summed E-state index contributed by atoms with van der Waals surface area (Å²) in [5, 5.41) is 0. The first kappa shape index (κ1) is 13.0. The Kier molecular flexibility index (Phi) is 4.37. The van der Waals surface area contributed by atoms with Crippen molar-refractivity contribution in [1.29, 1.82) is 0 Å². The number of hydrogen-bond acceptors (Lipinski definition) is 1. The molecule has 2 heteroatoms. The molecule has 2 aliphatic rings. The van der Waals surface area contributed by atoms with Crippen molar-refractivity contribution < 1.29 is 0 Å². The second-order valence-electron chi connectivity index (χ2n) is 6.36. The fourth-order valence-corrected chi connectivity index (χ4v) is 3.72. The minimum Gasteiger partial charge on any atom is -0.334 e. The van der Waals surface area contributed by atoms with Crippen molar-refractivity contribution in [2.24, 2.45) is 11.8 Å². The van der Waals surface area contributed by atoms with Crippen LogP contribution in [0.4, 0.5) is 0 Å². The molecule has 0 bridgehead atoms. The molecule has 0 atom stereocenters. The van der Waals surface area contributed by atoms with Gasteiger partial charge in [-0.25, -0.2) is 4.98 Å². The van der Waals surface area contributed by atoms with Crippen LogP contribution < -0.4 is 0 Å². The summed E-state index contributed by atoms with van der Waals surface area (Å²) >= 11 is 0. The lowest BCUT2D eigenvalue weighted by atomic mass is 9.83. The monoisotopic (exact) mass is 258 g/mol. The van der Waals surface area contributed by atoms with Gasteiger partial charge in [0, 0.05) is 18.4 Å². The van der Waals surface area contributed by atoms with Crippen LogP contribution in [0.3, 0.4) is 0 Å². The van der Waals surface area contributed by atoms with E-state index in [1.807, 2.05) is 12.5 Å². The highest BCUT2D eigenvalue weighted by Gasteiger charge is 2.20. The van der Waals surface area contributed by atoms with E-state index in [-0.39, 0.29) is 0 Å². The normalized spacial score (nSPS) is 29.9. The number of allylic oxidation sites excluding steroid dienone is 2. The molecular formula is C17H26N2. The van der Waals surface area contributed by atoms with Crippen LogP contribution >= 0.6 is 0 Å². The number of imidazole rings is 1. The number of aromatic nitrogens is 2. The maximum absolute atomic E-state index is 4.16. The molecule has 3 rings (SSSR count). The largest absolute Gasteiger partial charge is 0.334 e. The molecule has 2 aliphatic carbocycles. The van der Waals surface area contributed by atoms with Crippen LogP contribution in [-0.4, -0.2) is 9.55 Å². The van der Waals surface area contributed by atoms with Crippen LogP contribution in [-0.2, 0) is 0 Å². The van der Waals surface area contributed by atoms with Crippen LogP contribution in [0.15, 0.2) is 30.9 Å². The summed E-state index contributed by atoms with van der Waals surface area (Å²) in [6.45, 7) is 0. The molecule has 0 saturated heterocycles. The molecule has 2 saturated carbocycles. The maximum atomic E-state index is 4.16. The standard InChI is InChI=1S/C17H26N2/c1-2-4-15(5-3-1)6-7-16-8-10-17(11-9-16)19-13-12-18-14-19/h6-7,12-17H,1-5,8-11H2. The fraction of sp³-hybridized carbons (Fsp3) is 0.706. The number of rotatable bonds is 3. The molecule has 0 spiro atoms. The average Bonchev–Trinajstić information content (AvgIpc) is 3.01. The Bertz CT molecular complexity index is 379. The highest BCUT2D eigenvalue weighted by atomic mass is 15.0. The van der Waals surface area contributed by atoms with Crippen molar-refractivity contribution in [1.82, 2.24) is 9.55 Å². The molecule has 2 fully saturated rings.